The fraction of sp³-hybridized carbons (Fsp3) is 0.385. The van der Waals surface area contributed by atoms with Gasteiger partial charge in [-0.05, 0) is 18.9 Å². The third-order valence-electron chi connectivity index (χ3n) is 3.96. The highest BCUT2D eigenvalue weighted by Gasteiger charge is 2.23. The Balaban J connectivity index is 1.53. The first kappa shape index (κ1) is 12.1. The second kappa shape index (κ2) is 4.72. The first-order chi connectivity index (χ1) is 10.3. The zero-order chi connectivity index (χ0) is 14.2. The molecular formula is C13H16N8. The van der Waals surface area contributed by atoms with Crippen LogP contribution in [0, 0.1) is 0 Å². The van der Waals surface area contributed by atoms with E-state index < -0.39 is 0 Å². The molecule has 0 aliphatic carbocycles. The molecular weight excluding hydrogens is 268 g/mol. The van der Waals surface area contributed by atoms with Gasteiger partial charge in [0.15, 0.2) is 5.82 Å². The molecule has 0 amide bonds. The molecule has 0 saturated carbocycles. The third kappa shape index (κ3) is 2.08. The molecule has 0 spiro atoms. The van der Waals surface area contributed by atoms with Gasteiger partial charge >= 0.3 is 0 Å². The Hall–Kier alpha value is -2.64. The molecule has 4 heterocycles. The molecule has 3 aromatic rings. The third-order valence-corrected chi connectivity index (χ3v) is 3.96. The highest BCUT2D eigenvalue weighted by Crippen LogP contribution is 2.26. The van der Waals surface area contributed by atoms with Gasteiger partial charge in [-0.1, -0.05) is 0 Å². The van der Waals surface area contributed by atoms with E-state index in [1.807, 2.05) is 27.5 Å². The quantitative estimate of drug-likeness (QED) is 0.746. The summed E-state index contributed by atoms with van der Waals surface area (Å²) in [4.78, 5) is 6.72. The van der Waals surface area contributed by atoms with Crippen LogP contribution in [0.25, 0.3) is 5.65 Å². The van der Waals surface area contributed by atoms with Crippen LogP contribution in [0.5, 0.6) is 0 Å². The number of nitrogens with zero attached hydrogens (tertiary/aromatic N) is 7. The van der Waals surface area contributed by atoms with Crippen LogP contribution in [0.4, 0.5) is 11.6 Å². The summed E-state index contributed by atoms with van der Waals surface area (Å²) in [5.41, 5.74) is 6.49. The van der Waals surface area contributed by atoms with Crippen molar-refractivity contribution >= 4 is 17.3 Å². The van der Waals surface area contributed by atoms with Crippen LogP contribution in [0.3, 0.4) is 0 Å². The highest BCUT2D eigenvalue weighted by molar-refractivity contribution is 5.63. The number of nitrogens with two attached hydrogens (primary N) is 1. The largest absolute Gasteiger partial charge is 0.382 e. The van der Waals surface area contributed by atoms with Gasteiger partial charge in [0.1, 0.15) is 12.1 Å². The minimum atomic E-state index is 0.399. The highest BCUT2D eigenvalue weighted by atomic mass is 15.3. The van der Waals surface area contributed by atoms with Gasteiger partial charge in [-0.25, -0.2) is 4.98 Å². The summed E-state index contributed by atoms with van der Waals surface area (Å²) in [7, 11) is 0. The number of hydrogen-bond acceptors (Lipinski definition) is 6. The van der Waals surface area contributed by atoms with Crippen molar-refractivity contribution in [2.45, 2.75) is 18.9 Å². The van der Waals surface area contributed by atoms with Crippen molar-refractivity contribution in [3.05, 3.63) is 31.0 Å². The Kier molecular flexibility index (Phi) is 2.73. The molecule has 8 nitrogen and oxygen atoms in total. The molecule has 1 saturated heterocycles. The number of fused-ring (bicyclic) bond motifs is 1. The second-order valence-electron chi connectivity index (χ2n) is 5.25. The van der Waals surface area contributed by atoms with Crippen molar-refractivity contribution in [2.75, 3.05) is 23.7 Å². The average Bonchev–Trinajstić information content (AvgIpc) is 3.15. The van der Waals surface area contributed by atoms with Crippen molar-refractivity contribution in [1.82, 2.24) is 29.4 Å². The molecule has 1 aliphatic rings. The van der Waals surface area contributed by atoms with Gasteiger partial charge in [-0.2, -0.15) is 5.10 Å². The van der Waals surface area contributed by atoms with E-state index in [0.29, 0.717) is 11.9 Å². The molecule has 0 bridgehead atoms. The lowest BCUT2D eigenvalue weighted by molar-refractivity contribution is 0.367. The van der Waals surface area contributed by atoms with Crippen LogP contribution in [0.2, 0.25) is 0 Å². The van der Waals surface area contributed by atoms with Crippen molar-refractivity contribution < 1.29 is 0 Å². The summed E-state index contributed by atoms with van der Waals surface area (Å²) >= 11 is 0. The number of anilines is 2. The lowest BCUT2D eigenvalue weighted by atomic mass is 10.1. The fourth-order valence-electron chi connectivity index (χ4n) is 2.87. The van der Waals surface area contributed by atoms with Crippen LogP contribution in [0.1, 0.15) is 18.9 Å². The standard InChI is InChI=1S/C13H16N8/c14-11-3-7-21(18-11)10-1-5-19(6-2-10)12-13-17-16-9-20(13)8-4-15-12/h3-4,7-10H,1-2,5-6H2,(H2,14,18). The van der Waals surface area contributed by atoms with Gasteiger partial charge in [-0.3, -0.25) is 9.08 Å². The normalized spacial score (nSPS) is 16.7. The van der Waals surface area contributed by atoms with Gasteiger partial charge in [0.05, 0.1) is 6.04 Å². The minimum Gasteiger partial charge on any atom is -0.382 e. The van der Waals surface area contributed by atoms with Gasteiger partial charge < -0.3 is 10.6 Å². The van der Waals surface area contributed by atoms with Crippen molar-refractivity contribution in [3.8, 4) is 0 Å². The maximum Gasteiger partial charge on any atom is 0.203 e. The van der Waals surface area contributed by atoms with Crippen LogP contribution in [0.15, 0.2) is 31.0 Å². The molecule has 3 aromatic heterocycles. The van der Waals surface area contributed by atoms with Crippen LogP contribution in [-0.4, -0.2) is 42.5 Å². The van der Waals surface area contributed by atoms with Crippen LogP contribution in [-0.2, 0) is 0 Å². The molecule has 8 heteroatoms. The zero-order valence-electron chi connectivity index (χ0n) is 11.5. The van der Waals surface area contributed by atoms with Crippen molar-refractivity contribution in [3.63, 3.8) is 0 Å². The average molecular weight is 284 g/mol. The Morgan fingerprint density at radius 1 is 1.19 bits per heavy atom. The first-order valence-electron chi connectivity index (χ1n) is 7.01. The number of rotatable bonds is 2. The summed E-state index contributed by atoms with van der Waals surface area (Å²) in [6.07, 6.45) is 9.31. The van der Waals surface area contributed by atoms with Crippen molar-refractivity contribution in [2.24, 2.45) is 0 Å². The number of aromatic nitrogens is 6. The maximum absolute atomic E-state index is 5.68. The van der Waals surface area contributed by atoms with Gasteiger partial charge in [-0.15, -0.1) is 10.2 Å². The summed E-state index contributed by atoms with van der Waals surface area (Å²) in [5, 5.41) is 12.4. The lowest BCUT2D eigenvalue weighted by Crippen LogP contribution is -2.35. The van der Waals surface area contributed by atoms with E-state index in [1.54, 1.807) is 12.5 Å². The van der Waals surface area contributed by atoms with Gasteiger partial charge in [0.2, 0.25) is 5.65 Å². The van der Waals surface area contributed by atoms with E-state index in [0.717, 1.165) is 37.4 Å². The molecule has 0 unspecified atom stereocenters. The molecule has 2 N–H and O–H groups in total. The number of piperidine rings is 1. The molecule has 1 fully saturated rings. The SMILES string of the molecule is Nc1ccn(C2CCN(c3nccn4cnnc34)CC2)n1. The topological polar surface area (TPSA) is 90.2 Å². The molecule has 0 aromatic carbocycles. The summed E-state index contributed by atoms with van der Waals surface area (Å²) in [6.45, 7) is 1.84. The van der Waals surface area contributed by atoms with E-state index in [1.165, 1.54) is 0 Å². The summed E-state index contributed by atoms with van der Waals surface area (Å²) in [5.74, 6) is 1.47. The van der Waals surface area contributed by atoms with E-state index in [9.17, 15) is 0 Å². The molecule has 0 atom stereocenters. The van der Waals surface area contributed by atoms with E-state index in [-0.39, 0.29) is 0 Å². The molecule has 0 radical (unpaired) electrons. The maximum atomic E-state index is 5.68. The minimum absolute atomic E-state index is 0.399. The van der Waals surface area contributed by atoms with Gasteiger partial charge in [0.25, 0.3) is 0 Å². The summed E-state index contributed by atoms with van der Waals surface area (Å²) < 4.78 is 3.86. The lowest BCUT2D eigenvalue weighted by Gasteiger charge is -2.32. The van der Waals surface area contributed by atoms with Crippen molar-refractivity contribution in [1.29, 1.82) is 0 Å². The molecule has 108 valence electrons. The molecule has 1 aliphatic heterocycles. The van der Waals surface area contributed by atoms with Crippen LogP contribution >= 0.6 is 0 Å². The first-order valence-corrected chi connectivity index (χ1v) is 7.01. The molecule has 21 heavy (non-hydrogen) atoms. The zero-order valence-corrected chi connectivity index (χ0v) is 11.5. The van der Waals surface area contributed by atoms with Gasteiger partial charge in [0, 0.05) is 31.7 Å². The summed E-state index contributed by atoms with van der Waals surface area (Å²) in [6, 6.07) is 2.24. The number of nitrogen functional groups attached to an aromatic ring is 1. The van der Waals surface area contributed by atoms with Crippen LogP contribution < -0.4 is 10.6 Å². The number of hydrogen-bond donors (Lipinski definition) is 1. The Bertz CT molecular complexity index is 752. The molecule has 4 rings (SSSR count). The fourth-order valence-corrected chi connectivity index (χ4v) is 2.87. The predicted octanol–water partition coefficient (Wildman–Crippen LogP) is 0.744. The Morgan fingerprint density at radius 3 is 2.81 bits per heavy atom. The monoisotopic (exact) mass is 284 g/mol. The Labute approximate surface area is 121 Å². The predicted molar refractivity (Wildman–Crippen MR) is 77.9 cm³/mol. The van der Waals surface area contributed by atoms with E-state index in [4.69, 9.17) is 5.73 Å². The smallest absolute Gasteiger partial charge is 0.203 e. The van der Waals surface area contributed by atoms with E-state index >= 15 is 0 Å². The second-order valence-corrected chi connectivity index (χ2v) is 5.25. The Morgan fingerprint density at radius 2 is 2.05 bits per heavy atom. The van der Waals surface area contributed by atoms with E-state index in [2.05, 4.69) is 25.2 Å².